The molecule has 0 aromatic heterocycles. The van der Waals surface area contributed by atoms with E-state index >= 15 is 0 Å². The van der Waals surface area contributed by atoms with Crippen LogP contribution in [-0.2, 0) is 4.74 Å². The summed E-state index contributed by atoms with van der Waals surface area (Å²) >= 11 is 3.42. The number of rotatable bonds is 7. The molecule has 128 valence electrons. The summed E-state index contributed by atoms with van der Waals surface area (Å²) in [4.78, 5) is 14.8. The Balaban J connectivity index is 1.79. The van der Waals surface area contributed by atoms with Crippen molar-refractivity contribution in [1.29, 1.82) is 0 Å². The molecule has 1 saturated heterocycles. The number of benzene rings is 1. The molecule has 1 aliphatic rings. The van der Waals surface area contributed by atoms with Gasteiger partial charge in [0.2, 0.25) is 0 Å². The van der Waals surface area contributed by atoms with Crippen molar-refractivity contribution in [3.05, 3.63) is 28.2 Å². The first-order valence-electron chi connectivity index (χ1n) is 7.97. The maximum absolute atomic E-state index is 12.4. The molecule has 0 bridgehead atoms. The second kappa shape index (κ2) is 9.25. The van der Waals surface area contributed by atoms with Crippen LogP contribution < -0.4 is 10.1 Å². The summed E-state index contributed by atoms with van der Waals surface area (Å²) < 4.78 is 11.1. The fourth-order valence-electron chi connectivity index (χ4n) is 2.77. The Morgan fingerprint density at radius 2 is 2.09 bits per heavy atom. The molecule has 0 aliphatic carbocycles. The van der Waals surface area contributed by atoms with Gasteiger partial charge in [-0.05, 0) is 66.0 Å². The Kier molecular flexibility index (Phi) is 7.33. The van der Waals surface area contributed by atoms with Gasteiger partial charge in [0.15, 0.2) is 0 Å². The lowest BCUT2D eigenvalue weighted by Crippen LogP contribution is -2.39. The number of carbonyl (C=O) groups is 1. The zero-order valence-electron chi connectivity index (χ0n) is 13.8. The number of likely N-dealkylation sites (tertiary alicyclic amines) is 1. The van der Waals surface area contributed by atoms with E-state index < -0.39 is 0 Å². The number of nitrogens with one attached hydrogen (secondary N) is 1. The number of methoxy groups -OCH3 is 2. The van der Waals surface area contributed by atoms with Crippen LogP contribution in [0.2, 0.25) is 0 Å². The third-order valence-electron chi connectivity index (χ3n) is 4.29. The van der Waals surface area contributed by atoms with Gasteiger partial charge in [-0.2, -0.15) is 0 Å². The van der Waals surface area contributed by atoms with E-state index in [9.17, 15) is 4.79 Å². The van der Waals surface area contributed by atoms with E-state index in [-0.39, 0.29) is 5.91 Å². The van der Waals surface area contributed by atoms with Gasteiger partial charge in [-0.1, -0.05) is 0 Å². The molecule has 1 heterocycles. The smallest absolute Gasteiger partial charge is 0.252 e. The molecular weight excluding hydrogens is 360 g/mol. The molecule has 1 aromatic carbocycles. The van der Waals surface area contributed by atoms with Gasteiger partial charge in [-0.25, -0.2) is 0 Å². The summed E-state index contributed by atoms with van der Waals surface area (Å²) in [5.41, 5.74) is 0.613. The minimum Gasteiger partial charge on any atom is -0.497 e. The van der Waals surface area contributed by atoms with Gasteiger partial charge in [0.25, 0.3) is 5.91 Å². The van der Waals surface area contributed by atoms with E-state index in [0.29, 0.717) is 17.2 Å². The van der Waals surface area contributed by atoms with Crippen LogP contribution >= 0.6 is 15.9 Å². The molecule has 23 heavy (non-hydrogen) atoms. The minimum atomic E-state index is -0.0578. The van der Waals surface area contributed by atoms with E-state index in [4.69, 9.17) is 9.47 Å². The summed E-state index contributed by atoms with van der Waals surface area (Å²) in [5.74, 6) is 1.17. The van der Waals surface area contributed by atoms with E-state index in [1.165, 1.54) is 0 Å². The number of halogens is 1. The maximum Gasteiger partial charge on any atom is 0.252 e. The lowest BCUT2D eigenvalue weighted by Gasteiger charge is -2.31. The summed E-state index contributed by atoms with van der Waals surface area (Å²) in [6, 6.07) is 5.42. The van der Waals surface area contributed by atoms with Gasteiger partial charge in [-0.15, -0.1) is 0 Å². The Morgan fingerprint density at radius 1 is 1.35 bits per heavy atom. The number of hydrogen-bond acceptors (Lipinski definition) is 4. The number of carbonyl (C=O) groups excluding carboxylic acids is 1. The molecule has 1 amide bonds. The molecular formula is C17H25BrN2O3. The highest BCUT2D eigenvalue weighted by Gasteiger charge is 2.20. The van der Waals surface area contributed by atoms with Crippen molar-refractivity contribution >= 4 is 21.8 Å². The van der Waals surface area contributed by atoms with Crippen molar-refractivity contribution in [2.75, 3.05) is 47.0 Å². The highest BCUT2D eigenvalue weighted by atomic mass is 79.9. The number of ether oxygens (including phenoxy) is 2. The molecule has 5 nitrogen and oxygen atoms in total. The molecule has 1 aliphatic heterocycles. The number of nitrogens with zero attached hydrogens (tertiary/aromatic N) is 1. The molecule has 2 rings (SSSR count). The van der Waals surface area contributed by atoms with Gasteiger partial charge < -0.3 is 19.7 Å². The van der Waals surface area contributed by atoms with Crippen LogP contribution in [0.3, 0.4) is 0 Å². The van der Waals surface area contributed by atoms with Crippen molar-refractivity contribution in [1.82, 2.24) is 10.2 Å². The summed E-state index contributed by atoms with van der Waals surface area (Å²) in [6.45, 7) is 4.65. The van der Waals surface area contributed by atoms with Gasteiger partial charge in [-0.3, -0.25) is 4.79 Å². The highest BCUT2D eigenvalue weighted by molar-refractivity contribution is 9.10. The topological polar surface area (TPSA) is 50.8 Å². The largest absolute Gasteiger partial charge is 0.497 e. The lowest BCUT2D eigenvalue weighted by molar-refractivity contribution is 0.0925. The standard InChI is InChI=1S/C17H25BrN2O3/c1-22-10-9-20-7-5-13(6-8-20)12-19-17(21)15-11-14(23-2)3-4-16(15)18/h3-4,11,13H,5-10,12H2,1-2H3,(H,19,21). The predicted octanol–water partition coefficient (Wildman–Crippen LogP) is 2.55. The first-order chi connectivity index (χ1) is 11.1. The molecule has 1 fully saturated rings. The summed E-state index contributed by atoms with van der Waals surface area (Å²) in [7, 11) is 3.33. The Labute approximate surface area is 146 Å². The SMILES string of the molecule is COCCN1CCC(CNC(=O)c2cc(OC)ccc2Br)CC1. The fourth-order valence-corrected chi connectivity index (χ4v) is 3.20. The number of hydrogen-bond donors (Lipinski definition) is 1. The van der Waals surface area contributed by atoms with E-state index in [0.717, 1.165) is 50.1 Å². The monoisotopic (exact) mass is 384 g/mol. The molecule has 0 spiro atoms. The van der Waals surface area contributed by atoms with Crippen LogP contribution in [0.4, 0.5) is 0 Å². The summed E-state index contributed by atoms with van der Waals surface area (Å²) in [5, 5.41) is 3.05. The molecule has 1 N–H and O–H groups in total. The average molecular weight is 385 g/mol. The van der Waals surface area contributed by atoms with Crippen LogP contribution in [0.5, 0.6) is 5.75 Å². The predicted molar refractivity (Wildman–Crippen MR) is 94.1 cm³/mol. The van der Waals surface area contributed by atoms with Crippen molar-refractivity contribution in [2.24, 2.45) is 5.92 Å². The zero-order valence-corrected chi connectivity index (χ0v) is 15.4. The minimum absolute atomic E-state index is 0.0578. The molecule has 0 radical (unpaired) electrons. The van der Waals surface area contributed by atoms with Crippen molar-refractivity contribution < 1.29 is 14.3 Å². The van der Waals surface area contributed by atoms with Crippen molar-refractivity contribution in [2.45, 2.75) is 12.8 Å². The third-order valence-corrected chi connectivity index (χ3v) is 4.98. The second-order valence-electron chi connectivity index (χ2n) is 5.83. The van der Waals surface area contributed by atoms with Crippen LogP contribution in [0.1, 0.15) is 23.2 Å². The van der Waals surface area contributed by atoms with Gasteiger partial charge in [0, 0.05) is 24.7 Å². The Bertz CT molecular complexity index is 517. The second-order valence-corrected chi connectivity index (χ2v) is 6.69. The van der Waals surface area contributed by atoms with Crippen molar-refractivity contribution in [3.63, 3.8) is 0 Å². The molecule has 0 unspecified atom stereocenters. The quantitative estimate of drug-likeness (QED) is 0.784. The molecule has 0 saturated carbocycles. The zero-order chi connectivity index (χ0) is 16.7. The Morgan fingerprint density at radius 3 is 2.74 bits per heavy atom. The molecule has 6 heteroatoms. The highest BCUT2D eigenvalue weighted by Crippen LogP contribution is 2.23. The normalized spacial score (nSPS) is 16.3. The lowest BCUT2D eigenvalue weighted by atomic mass is 9.96. The van der Waals surface area contributed by atoms with Crippen molar-refractivity contribution in [3.8, 4) is 5.75 Å². The van der Waals surface area contributed by atoms with E-state index in [2.05, 4.69) is 26.1 Å². The molecule has 0 atom stereocenters. The average Bonchev–Trinajstić information content (AvgIpc) is 2.59. The molecule has 1 aromatic rings. The van der Waals surface area contributed by atoms with Crippen LogP contribution in [0.15, 0.2) is 22.7 Å². The van der Waals surface area contributed by atoms with Gasteiger partial charge in [0.1, 0.15) is 5.75 Å². The number of amides is 1. The Hall–Kier alpha value is -1.11. The third kappa shape index (κ3) is 5.48. The van der Waals surface area contributed by atoms with Crippen LogP contribution in [0, 0.1) is 5.92 Å². The van der Waals surface area contributed by atoms with E-state index in [1.807, 2.05) is 12.1 Å². The maximum atomic E-state index is 12.4. The first-order valence-corrected chi connectivity index (χ1v) is 8.76. The fraction of sp³-hybridized carbons (Fsp3) is 0.588. The van der Waals surface area contributed by atoms with Gasteiger partial charge >= 0.3 is 0 Å². The van der Waals surface area contributed by atoms with Crippen LogP contribution in [0.25, 0.3) is 0 Å². The van der Waals surface area contributed by atoms with Gasteiger partial charge in [0.05, 0.1) is 19.3 Å². The van der Waals surface area contributed by atoms with Crippen LogP contribution in [-0.4, -0.2) is 57.8 Å². The van der Waals surface area contributed by atoms with E-state index in [1.54, 1.807) is 20.3 Å². The number of piperidine rings is 1. The first kappa shape index (κ1) is 18.2. The summed E-state index contributed by atoms with van der Waals surface area (Å²) in [6.07, 6.45) is 2.23.